The van der Waals surface area contributed by atoms with Gasteiger partial charge in [-0.25, -0.2) is 0 Å². The predicted molar refractivity (Wildman–Crippen MR) is 89.3 cm³/mol. The molecule has 118 valence electrons. The molecule has 0 bridgehead atoms. The normalized spacial score (nSPS) is 13.0. The van der Waals surface area contributed by atoms with Crippen molar-refractivity contribution in [2.75, 3.05) is 20.1 Å². The Morgan fingerprint density at radius 2 is 1.86 bits per heavy atom. The molecule has 0 aliphatic rings. The summed E-state index contributed by atoms with van der Waals surface area (Å²) >= 11 is 0. The monoisotopic (exact) mass is 290 g/mol. The van der Waals surface area contributed by atoms with Gasteiger partial charge in [0.1, 0.15) is 0 Å². The van der Waals surface area contributed by atoms with Gasteiger partial charge in [-0.1, -0.05) is 50.6 Å². The summed E-state index contributed by atoms with van der Waals surface area (Å²) in [4.78, 5) is 14.3. The molecule has 1 amide bonds. The first-order valence-corrected chi connectivity index (χ1v) is 7.79. The van der Waals surface area contributed by atoms with Crippen LogP contribution in [0.15, 0.2) is 24.3 Å². The van der Waals surface area contributed by atoms with Gasteiger partial charge < -0.3 is 10.6 Å². The lowest BCUT2D eigenvalue weighted by atomic mass is 9.90. The standard InChI is InChI=1S/C18H30N2O/c1-6-15(16-9-7-14(2)8-10-16)11-17(21)20(5)13-18(3,4)12-19/h7-10,15H,6,11-13,19H2,1-5H3. The number of amides is 1. The van der Waals surface area contributed by atoms with Crippen molar-refractivity contribution in [1.29, 1.82) is 0 Å². The molecule has 1 atom stereocenters. The number of nitrogens with two attached hydrogens (primary N) is 1. The highest BCUT2D eigenvalue weighted by molar-refractivity contribution is 5.76. The number of carbonyl (C=O) groups is 1. The highest BCUT2D eigenvalue weighted by Gasteiger charge is 2.23. The molecule has 1 aromatic carbocycles. The Balaban J connectivity index is 2.68. The molecule has 0 heterocycles. The second kappa shape index (κ2) is 7.60. The van der Waals surface area contributed by atoms with Gasteiger partial charge in [-0.05, 0) is 36.8 Å². The Bertz CT molecular complexity index is 451. The van der Waals surface area contributed by atoms with E-state index in [4.69, 9.17) is 5.73 Å². The number of rotatable bonds is 7. The zero-order valence-corrected chi connectivity index (χ0v) is 14.1. The number of benzene rings is 1. The van der Waals surface area contributed by atoms with Crippen molar-refractivity contribution in [3.8, 4) is 0 Å². The fourth-order valence-electron chi connectivity index (χ4n) is 2.50. The van der Waals surface area contributed by atoms with Crippen molar-refractivity contribution in [2.24, 2.45) is 11.1 Å². The van der Waals surface area contributed by atoms with E-state index < -0.39 is 0 Å². The van der Waals surface area contributed by atoms with E-state index in [-0.39, 0.29) is 11.3 Å². The largest absolute Gasteiger partial charge is 0.345 e. The molecule has 21 heavy (non-hydrogen) atoms. The third-order valence-corrected chi connectivity index (χ3v) is 4.11. The van der Waals surface area contributed by atoms with E-state index in [1.165, 1.54) is 11.1 Å². The van der Waals surface area contributed by atoms with E-state index in [1.807, 2.05) is 11.9 Å². The van der Waals surface area contributed by atoms with Gasteiger partial charge in [0.15, 0.2) is 0 Å². The number of hydrogen-bond acceptors (Lipinski definition) is 2. The van der Waals surface area contributed by atoms with Crippen molar-refractivity contribution in [1.82, 2.24) is 4.90 Å². The summed E-state index contributed by atoms with van der Waals surface area (Å²) in [5.74, 6) is 0.491. The molecular weight excluding hydrogens is 260 g/mol. The van der Waals surface area contributed by atoms with Gasteiger partial charge in [0.25, 0.3) is 0 Å². The topological polar surface area (TPSA) is 46.3 Å². The fourth-order valence-corrected chi connectivity index (χ4v) is 2.50. The molecule has 3 heteroatoms. The SMILES string of the molecule is CCC(CC(=O)N(C)CC(C)(C)CN)c1ccc(C)cc1. The summed E-state index contributed by atoms with van der Waals surface area (Å²) in [5.41, 5.74) is 8.22. The van der Waals surface area contributed by atoms with Crippen LogP contribution in [-0.4, -0.2) is 30.9 Å². The molecule has 1 aromatic rings. The molecule has 0 aliphatic heterocycles. The number of carbonyl (C=O) groups excluding carboxylic acids is 1. The van der Waals surface area contributed by atoms with Gasteiger partial charge in [-0.3, -0.25) is 4.79 Å². The van der Waals surface area contributed by atoms with Gasteiger partial charge in [0.2, 0.25) is 5.91 Å². The zero-order valence-electron chi connectivity index (χ0n) is 14.1. The van der Waals surface area contributed by atoms with Crippen LogP contribution in [0, 0.1) is 12.3 Å². The van der Waals surface area contributed by atoms with E-state index in [2.05, 4.69) is 52.0 Å². The summed E-state index contributed by atoms with van der Waals surface area (Å²) in [5, 5.41) is 0. The van der Waals surface area contributed by atoms with Gasteiger partial charge in [0.05, 0.1) is 0 Å². The predicted octanol–water partition coefficient (Wildman–Crippen LogP) is 3.32. The zero-order chi connectivity index (χ0) is 16.0. The van der Waals surface area contributed by atoms with Gasteiger partial charge in [-0.15, -0.1) is 0 Å². The minimum Gasteiger partial charge on any atom is -0.345 e. The number of aryl methyl sites for hydroxylation is 1. The van der Waals surface area contributed by atoms with Crippen molar-refractivity contribution in [2.45, 2.75) is 46.5 Å². The highest BCUT2D eigenvalue weighted by atomic mass is 16.2. The number of nitrogens with zero attached hydrogens (tertiary/aromatic N) is 1. The maximum absolute atomic E-state index is 12.4. The van der Waals surface area contributed by atoms with E-state index in [0.717, 1.165) is 6.42 Å². The molecule has 1 rings (SSSR count). The minimum atomic E-state index is -0.0318. The van der Waals surface area contributed by atoms with Crippen LogP contribution in [0.1, 0.15) is 50.7 Å². The third kappa shape index (κ3) is 5.50. The Kier molecular flexibility index (Phi) is 6.41. The van der Waals surface area contributed by atoms with Crippen LogP contribution in [0.3, 0.4) is 0 Å². The second-order valence-electron chi connectivity index (χ2n) is 6.84. The average molecular weight is 290 g/mol. The van der Waals surface area contributed by atoms with Crippen LogP contribution in [-0.2, 0) is 4.79 Å². The Morgan fingerprint density at radius 3 is 2.33 bits per heavy atom. The van der Waals surface area contributed by atoms with Crippen LogP contribution >= 0.6 is 0 Å². The van der Waals surface area contributed by atoms with Crippen LogP contribution in [0.2, 0.25) is 0 Å². The molecular formula is C18H30N2O. The molecule has 3 nitrogen and oxygen atoms in total. The van der Waals surface area contributed by atoms with Gasteiger partial charge >= 0.3 is 0 Å². The van der Waals surface area contributed by atoms with Gasteiger partial charge in [0, 0.05) is 20.0 Å². The number of hydrogen-bond donors (Lipinski definition) is 1. The summed E-state index contributed by atoms with van der Waals surface area (Å²) in [6.45, 7) is 9.69. The first-order valence-electron chi connectivity index (χ1n) is 7.79. The maximum Gasteiger partial charge on any atom is 0.222 e. The molecule has 0 spiro atoms. The molecule has 0 saturated heterocycles. The minimum absolute atomic E-state index is 0.0318. The molecule has 1 unspecified atom stereocenters. The quantitative estimate of drug-likeness (QED) is 0.837. The second-order valence-corrected chi connectivity index (χ2v) is 6.84. The van der Waals surface area contributed by atoms with Crippen molar-refractivity contribution < 1.29 is 4.79 Å². The van der Waals surface area contributed by atoms with Crippen LogP contribution in [0.5, 0.6) is 0 Å². The van der Waals surface area contributed by atoms with Crippen molar-refractivity contribution in [3.05, 3.63) is 35.4 Å². The van der Waals surface area contributed by atoms with E-state index >= 15 is 0 Å². The molecule has 0 aromatic heterocycles. The summed E-state index contributed by atoms with van der Waals surface area (Å²) in [6.07, 6.45) is 1.54. The molecule has 2 N–H and O–H groups in total. The molecule has 0 fully saturated rings. The first kappa shape index (κ1) is 17.7. The smallest absolute Gasteiger partial charge is 0.222 e. The third-order valence-electron chi connectivity index (χ3n) is 4.11. The van der Waals surface area contributed by atoms with E-state index in [9.17, 15) is 4.79 Å². The van der Waals surface area contributed by atoms with Crippen molar-refractivity contribution >= 4 is 5.91 Å². The molecule has 0 radical (unpaired) electrons. The van der Waals surface area contributed by atoms with Crippen LogP contribution in [0.4, 0.5) is 0 Å². The molecule has 0 saturated carbocycles. The van der Waals surface area contributed by atoms with Crippen molar-refractivity contribution in [3.63, 3.8) is 0 Å². The van der Waals surface area contributed by atoms with E-state index in [0.29, 0.717) is 25.4 Å². The molecule has 0 aliphatic carbocycles. The lowest BCUT2D eigenvalue weighted by Crippen LogP contribution is -2.40. The average Bonchev–Trinajstić information content (AvgIpc) is 2.45. The van der Waals surface area contributed by atoms with Crippen LogP contribution < -0.4 is 5.73 Å². The maximum atomic E-state index is 12.4. The van der Waals surface area contributed by atoms with Gasteiger partial charge in [-0.2, -0.15) is 0 Å². The summed E-state index contributed by atoms with van der Waals surface area (Å²) in [6, 6.07) is 8.51. The first-order chi connectivity index (χ1) is 9.79. The Hall–Kier alpha value is -1.35. The van der Waals surface area contributed by atoms with E-state index in [1.54, 1.807) is 0 Å². The summed E-state index contributed by atoms with van der Waals surface area (Å²) < 4.78 is 0. The Morgan fingerprint density at radius 1 is 1.29 bits per heavy atom. The fraction of sp³-hybridized carbons (Fsp3) is 0.611. The lowest BCUT2D eigenvalue weighted by molar-refractivity contribution is -0.131. The Labute approximate surface area is 129 Å². The highest BCUT2D eigenvalue weighted by Crippen LogP contribution is 2.25. The summed E-state index contributed by atoms with van der Waals surface area (Å²) in [7, 11) is 1.88. The lowest BCUT2D eigenvalue weighted by Gasteiger charge is -2.30. The van der Waals surface area contributed by atoms with Crippen LogP contribution in [0.25, 0.3) is 0 Å².